The average molecular weight is 564 g/mol. The number of thioether (sulfide) groups is 1. The zero-order valence-corrected chi connectivity index (χ0v) is 22.7. The Morgan fingerprint density at radius 2 is 1.59 bits per heavy atom. The van der Waals surface area contributed by atoms with Crippen LogP contribution >= 0.6 is 23.4 Å². The summed E-state index contributed by atoms with van der Waals surface area (Å²) < 4.78 is 7.80. The van der Waals surface area contributed by atoms with Crippen molar-refractivity contribution in [2.24, 2.45) is 0 Å². The lowest BCUT2D eigenvalue weighted by Crippen LogP contribution is -2.42. The molecular formula is C28H26ClN5O4S. The van der Waals surface area contributed by atoms with E-state index in [2.05, 4.69) is 21.0 Å². The van der Waals surface area contributed by atoms with Crippen LogP contribution in [-0.4, -0.2) is 38.1 Å². The van der Waals surface area contributed by atoms with E-state index in [0.717, 1.165) is 12.0 Å². The molecule has 0 fully saturated rings. The SMILES string of the molecule is CC(=O)c1ccc(C(=O)NNC(=O)CSc2nnc(COc3ccc(Cl)cc3)n2CCc2ccccc2)cc1. The zero-order chi connectivity index (χ0) is 27.6. The molecule has 2 amide bonds. The number of hydrazine groups is 1. The molecule has 4 rings (SSSR count). The Bertz CT molecular complexity index is 1430. The highest BCUT2D eigenvalue weighted by Gasteiger charge is 2.16. The van der Waals surface area contributed by atoms with E-state index in [1.54, 1.807) is 36.4 Å². The van der Waals surface area contributed by atoms with Crippen LogP contribution in [0.3, 0.4) is 0 Å². The monoisotopic (exact) mass is 563 g/mol. The second kappa shape index (κ2) is 13.6. The van der Waals surface area contributed by atoms with Gasteiger partial charge in [0.2, 0.25) is 5.91 Å². The zero-order valence-electron chi connectivity index (χ0n) is 21.1. The molecule has 0 saturated heterocycles. The molecule has 9 nitrogen and oxygen atoms in total. The minimum atomic E-state index is -0.490. The maximum Gasteiger partial charge on any atom is 0.269 e. The second-order valence-corrected chi connectivity index (χ2v) is 9.83. The van der Waals surface area contributed by atoms with Gasteiger partial charge in [-0.2, -0.15) is 0 Å². The van der Waals surface area contributed by atoms with Crippen molar-refractivity contribution in [1.29, 1.82) is 0 Å². The Labute approximate surface area is 234 Å². The van der Waals surface area contributed by atoms with Crippen LogP contribution in [0, 0.1) is 0 Å². The molecule has 1 aromatic heterocycles. The summed E-state index contributed by atoms with van der Waals surface area (Å²) in [7, 11) is 0. The van der Waals surface area contributed by atoms with Crippen molar-refractivity contribution in [2.75, 3.05) is 5.75 Å². The van der Waals surface area contributed by atoms with E-state index < -0.39 is 11.8 Å². The first-order chi connectivity index (χ1) is 18.9. The third kappa shape index (κ3) is 8.17. The minimum Gasteiger partial charge on any atom is -0.486 e. The number of hydrogen-bond acceptors (Lipinski definition) is 7. The molecule has 0 aliphatic carbocycles. The number of carbonyl (C=O) groups excluding carboxylic acids is 3. The maximum absolute atomic E-state index is 12.4. The number of ether oxygens (including phenoxy) is 1. The smallest absolute Gasteiger partial charge is 0.269 e. The maximum atomic E-state index is 12.4. The molecule has 0 aliphatic rings. The normalized spacial score (nSPS) is 10.6. The summed E-state index contributed by atoms with van der Waals surface area (Å²) in [5.74, 6) is 0.277. The molecule has 3 aromatic carbocycles. The quantitative estimate of drug-likeness (QED) is 0.157. The average Bonchev–Trinajstić information content (AvgIpc) is 3.35. The van der Waals surface area contributed by atoms with Gasteiger partial charge in [-0.15, -0.1) is 10.2 Å². The number of ketones is 1. The van der Waals surface area contributed by atoms with Gasteiger partial charge in [0, 0.05) is 22.7 Å². The number of amides is 2. The fraction of sp³-hybridized carbons (Fsp3) is 0.179. The molecule has 1 heterocycles. The van der Waals surface area contributed by atoms with Crippen LogP contribution in [0.2, 0.25) is 5.02 Å². The van der Waals surface area contributed by atoms with Gasteiger partial charge in [-0.1, -0.05) is 65.8 Å². The number of rotatable bonds is 11. The number of aryl methyl sites for hydroxylation is 1. The third-order valence-corrected chi connectivity index (χ3v) is 6.86. The predicted octanol–water partition coefficient (Wildman–Crippen LogP) is 4.51. The summed E-state index contributed by atoms with van der Waals surface area (Å²) in [6, 6.07) is 23.2. The van der Waals surface area contributed by atoms with Gasteiger partial charge in [0.15, 0.2) is 16.8 Å². The van der Waals surface area contributed by atoms with Crippen LogP contribution < -0.4 is 15.6 Å². The summed E-state index contributed by atoms with van der Waals surface area (Å²) >= 11 is 7.16. The fourth-order valence-corrected chi connectivity index (χ4v) is 4.45. The van der Waals surface area contributed by atoms with Crippen LogP contribution in [0.5, 0.6) is 5.75 Å². The number of nitrogens with one attached hydrogen (secondary N) is 2. The molecule has 0 unspecified atom stereocenters. The molecule has 0 spiro atoms. The summed E-state index contributed by atoms with van der Waals surface area (Å²) in [6.45, 7) is 2.23. The number of halogens is 1. The van der Waals surface area contributed by atoms with E-state index in [-0.39, 0.29) is 18.1 Å². The number of Topliss-reactive ketones (excluding diaryl/α,β-unsaturated/α-hetero) is 1. The number of hydrogen-bond donors (Lipinski definition) is 2. The molecule has 200 valence electrons. The van der Waals surface area contributed by atoms with Crippen LogP contribution in [0.15, 0.2) is 84.0 Å². The Morgan fingerprint density at radius 1 is 0.897 bits per heavy atom. The van der Waals surface area contributed by atoms with Crippen molar-refractivity contribution >= 4 is 41.0 Å². The molecule has 0 bridgehead atoms. The summed E-state index contributed by atoms with van der Waals surface area (Å²) in [5, 5.41) is 9.74. The number of carbonyl (C=O) groups is 3. The van der Waals surface area contributed by atoms with E-state index in [1.807, 2.05) is 34.9 Å². The molecule has 4 aromatic rings. The first-order valence-corrected chi connectivity index (χ1v) is 13.4. The molecule has 2 N–H and O–H groups in total. The van der Waals surface area contributed by atoms with Crippen molar-refractivity contribution < 1.29 is 19.1 Å². The van der Waals surface area contributed by atoms with Crippen LogP contribution in [0.1, 0.15) is 39.0 Å². The van der Waals surface area contributed by atoms with Crippen LogP contribution in [-0.2, 0) is 24.4 Å². The highest BCUT2D eigenvalue weighted by Crippen LogP contribution is 2.20. The molecule has 0 atom stereocenters. The molecule has 0 radical (unpaired) electrons. The van der Waals surface area contributed by atoms with Gasteiger partial charge in [0.1, 0.15) is 12.4 Å². The lowest BCUT2D eigenvalue weighted by atomic mass is 10.1. The lowest BCUT2D eigenvalue weighted by molar-refractivity contribution is -0.119. The summed E-state index contributed by atoms with van der Waals surface area (Å²) in [5.41, 5.74) is 6.76. The van der Waals surface area contributed by atoms with Crippen molar-refractivity contribution in [1.82, 2.24) is 25.6 Å². The highest BCUT2D eigenvalue weighted by atomic mass is 35.5. The molecule has 0 aliphatic heterocycles. The van der Waals surface area contributed by atoms with Crippen molar-refractivity contribution in [2.45, 2.75) is 31.7 Å². The van der Waals surface area contributed by atoms with E-state index in [4.69, 9.17) is 16.3 Å². The molecular weight excluding hydrogens is 538 g/mol. The van der Waals surface area contributed by atoms with E-state index in [9.17, 15) is 14.4 Å². The Morgan fingerprint density at radius 3 is 2.28 bits per heavy atom. The largest absolute Gasteiger partial charge is 0.486 e. The van der Waals surface area contributed by atoms with Gasteiger partial charge < -0.3 is 9.30 Å². The van der Waals surface area contributed by atoms with E-state index in [0.29, 0.717) is 39.4 Å². The number of aromatic nitrogens is 3. The van der Waals surface area contributed by atoms with E-state index >= 15 is 0 Å². The van der Waals surface area contributed by atoms with Gasteiger partial charge in [0.25, 0.3) is 5.91 Å². The number of nitrogens with zero attached hydrogens (tertiary/aromatic N) is 3. The predicted molar refractivity (Wildman–Crippen MR) is 149 cm³/mol. The van der Waals surface area contributed by atoms with Crippen molar-refractivity contribution in [3.05, 3.63) is 106 Å². The van der Waals surface area contributed by atoms with Crippen LogP contribution in [0.4, 0.5) is 0 Å². The standard InChI is InChI=1S/C28H26ClN5O4S/c1-19(35)21-7-9-22(10-8-21)27(37)32-31-26(36)18-39-28-33-30-25(17-38-24-13-11-23(29)12-14-24)34(28)16-15-20-5-3-2-4-6-20/h2-14H,15-18H2,1H3,(H,31,36)(H,32,37). The van der Waals surface area contributed by atoms with Gasteiger partial charge >= 0.3 is 0 Å². The van der Waals surface area contributed by atoms with Crippen LogP contribution in [0.25, 0.3) is 0 Å². The first kappa shape index (κ1) is 27.9. The fourth-order valence-electron chi connectivity index (χ4n) is 3.54. The van der Waals surface area contributed by atoms with Gasteiger partial charge in [-0.05, 0) is 55.3 Å². The van der Waals surface area contributed by atoms with Crippen molar-refractivity contribution in [3.63, 3.8) is 0 Å². The minimum absolute atomic E-state index is 0.00503. The topological polar surface area (TPSA) is 115 Å². The summed E-state index contributed by atoms with van der Waals surface area (Å²) in [6.07, 6.45) is 0.741. The Kier molecular flexibility index (Phi) is 9.71. The van der Waals surface area contributed by atoms with Crippen molar-refractivity contribution in [3.8, 4) is 5.75 Å². The van der Waals surface area contributed by atoms with Gasteiger partial charge in [-0.25, -0.2) is 0 Å². The Balaban J connectivity index is 1.36. The summed E-state index contributed by atoms with van der Waals surface area (Å²) in [4.78, 5) is 36.2. The molecule has 11 heteroatoms. The van der Waals surface area contributed by atoms with Gasteiger partial charge in [-0.3, -0.25) is 25.2 Å². The number of benzene rings is 3. The first-order valence-electron chi connectivity index (χ1n) is 12.1. The second-order valence-electron chi connectivity index (χ2n) is 8.45. The molecule has 39 heavy (non-hydrogen) atoms. The highest BCUT2D eigenvalue weighted by molar-refractivity contribution is 7.99. The molecule has 0 saturated carbocycles. The lowest BCUT2D eigenvalue weighted by Gasteiger charge is -2.12. The Hall–Kier alpha value is -4.15. The third-order valence-electron chi connectivity index (χ3n) is 5.64. The van der Waals surface area contributed by atoms with E-state index in [1.165, 1.54) is 30.8 Å². The van der Waals surface area contributed by atoms with Gasteiger partial charge in [0.05, 0.1) is 5.75 Å².